The topological polar surface area (TPSA) is 34.0 Å². The van der Waals surface area contributed by atoms with Gasteiger partial charge in [-0.3, -0.25) is 4.79 Å². The second-order valence-electron chi connectivity index (χ2n) is 4.26. The number of hydrogen-bond donors (Lipinski definition) is 1. The first-order chi connectivity index (χ1) is 9.06. The highest BCUT2D eigenvalue weighted by Gasteiger charge is 2.05. The van der Waals surface area contributed by atoms with E-state index < -0.39 is 6.43 Å². The van der Waals surface area contributed by atoms with E-state index in [9.17, 15) is 13.6 Å². The van der Waals surface area contributed by atoms with Crippen molar-refractivity contribution in [1.82, 2.24) is 4.57 Å². The molecule has 0 radical (unpaired) electrons. The van der Waals surface area contributed by atoms with Crippen LogP contribution in [0.1, 0.15) is 17.6 Å². The number of pyridine rings is 1. The molecule has 0 aliphatic carbocycles. The van der Waals surface area contributed by atoms with E-state index >= 15 is 0 Å². The molecule has 0 spiro atoms. The summed E-state index contributed by atoms with van der Waals surface area (Å²) in [7, 11) is 1.67. The third-order valence-corrected chi connectivity index (χ3v) is 2.81. The van der Waals surface area contributed by atoms with Gasteiger partial charge in [-0.2, -0.15) is 0 Å². The molecule has 0 aliphatic rings. The normalized spacial score (nSPS) is 10.7. The van der Waals surface area contributed by atoms with Gasteiger partial charge in [-0.25, -0.2) is 8.78 Å². The molecule has 0 saturated carbocycles. The fourth-order valence-electron chi connectivity index (χ4n) is 1.68. The molecule has 0 bridgehead atoms. The molecule has 1 aromatic heterocycles. The van der Waals surface area contributed by atoms with Crippen molar-refractivity contribution in [3.63, 3.8) is 0 Å². The van der Waals surface area contributed by atoms with Crippen LogP contribution in [0.15, 0.2) is 47.4 Å². The minimum atomic E-state index is -2.44. The Hall–Kier alpha value is -2.17. The monoisotopic (exact) mass is 264 g/mol. The van der Waals surface area contributed by atoms with Gasteiger partial charge < -0.3 is 9.88 Å². The molecule has 19 heavy (non-hydrogen) atoms. The average Bonchev–Trinajstić information content (AvgIpc) is 2.40. The molecule has 2 rings (SSSR count). The molecule has 100 valence electrons. The minimum absolute atomic E-state index is 0.0193. The zero-order valence-corrected chi connectivity index (χ0v) is 10.4. The number of nitrogens with zero attached hydrogens (tertiary/aromatic N) is 1. The lowest BCUT2D eigenvalue weighted by Gasteiger charge is -2.08. The van der Waals surface area contributed by atoms with Gasteiger partial charge in [0.05, 0.1) is 5.69 Å². The Balaban J connectivity index is 2.02. The summed E-state index contributed by atoms with van der Waals surface area (Å²) in [6, 6.07) is 9.33. The van der Waals surface area contributed by atoms with Crippen molar-refractivity contribution in [2.24, 2.45) is 7.05 Å². The summed E-state index contributed by atoms with van der Waals surface area (Å²) in [6.07, 6.45) is -0.749. The SMILES string of the molecule is Cn1cc(NCc2ccc(C(F)F)cc2)ccc1=O. The second kappa shape index (κ2) is 5.65. The number of aromatic nitrogens is 1. The summed E-state index contributed by atoms with van der Waals surface area (Å²) in [5.74, 6) is 0. The summed E-state index contributed by atoms with van der Waals surface area (Å²) >= 11 is 0. The smallest absolute Gasteiger partial charge is 0.263 e. The van der Waals surface area contributed by atoms with E-state index in [2.05, 4.69) is 5.32 Å². The standard InChI is InChI=1S/C14H14F2N2O/c1-18-9-12(6-7-13(18)19)17-8-10-2-4-11(5-3-10)14(15)16/h2-7,9,14,17H,8H2,1H3. The van der Waals surface area contributed by atoms with Gasteiger partial charge in [0, 0.05) is 31.4 Å². The molecular weight excluding hydrogens is 250 g/mol. The highest BCUT2D eigenvalue weighted by atomic mass is 19.3. The van der Waals surface area contributed by atoms with Crippen molar-refractivity contribution < 1.29 is 8.78 Å². The zero-order valence-electron chi connectivity index (χ0n) is 10.4. The molecule has 2 aromatic rings. The minimum Gasteiger partial charge on any atom is -0.380 e. The van der Waals surface area contributed by atoms with Gasteiger partial charge in [0.2, 0.25) is 5.56 Å². The average molecular weight is 264 g/mol. The van der Waals surface area contributed by atoms with Gasteiger partial charge in [-0.15, -0.1) is 0 Å². The summed E-state index contributed by atoms with van der Waals surface area (Å²) in [5.41, 5.74) is 1.65. The van der Waals surface area contributed by atoms with Crippen molar-refractivity contribution in [2.75, 3.05) is 5.32 Å². The third kappa shape index (κ3) is 3.40. The fraction of sp³-hybridized carbons (Fsp3) is 0.214. The van der Waals surface area contributed by atoms with Gasteiger partial charge >= 0.3 is 0 Å². The van der Waals surface area contributed by atoms with E-state index in [0.717, 1.165) is 11.3 Å². The number of anilines is 1. The molecule has 3 nitrogen and oxygen atoms in total. The summed E-state index contributed by atoms with van der Waals surface area (Å²) in [4.78, 5) is 11.2. The Morgan fingerprint density at radius 3 is 2.42 bits per heavy atom. The molecule has 0 aliphatic heterocycles. The van der Waals surface area contributed by atoms with Crippen LogP contribution in [0.2, 0.25) is 0 Å². The highest BCUT2D eigenvalue weighted by molar-refractivity contribution is 5.41. The summed E-state index contributed by atoms with van der Waals surface area (Å²) in [5, 5.41) is 3.13. The van der Waals surface area contributed by atoms with Crippen molar-refractivity contribution in [1.29, 1.82) is 0 Å². The molecule has 1 heterocycles. The predicted molar refractivity (Wildman–Crippen MR) is 70.4 cm³/mol. The van der Waals surface area contributed by atoms with Crippen LogP contribution < -0.4 is 10.9 Å². The maximum absolute atomic E-state index is 12.4. The Morgan fingerprint density at radius 2 is 1.84 bits per heavy atom. The largest absolute Gasteiger partial charge is 0.380 e. The van der Waals surface area contributed by atoms with Crippen molar-refractivity contribution in [3.8, 4) is 0 Å². The maximum Gasteiger partial charge on any atom is 0.263 e. The van der Waals surface area contributed by atoms with E-state index in [0.29, 0.717) is 6.54 Å². The molecule has 1 N–H and O–H groups in total. The number of alkyl halides is 2. The molecule has 1 aromatic carbocycles. The molecule has 0 saturated heterocycles. The molecule has 5 heteroatoms. The number of aryl methyl sites for hydroxylation is 1. The van der Waals surface area contributed by atoms with Crippen LogP contribution >= 0.6 is 0 Å². The van der Waals surface area contributed by atoms with Crippen LogP contribution in [0.3, 0.4) is 0 Å². The van der Waals surface area contributed by atoms with Crippen LogP contribution in [-0.4, -0.2) is 4.57 Å². The lowest BCUT2D eigenvalue weighted by atomic mass is 10.1. The van der Waals surface area contributed by atoms with Gasteiger partial charge in [-0.05, 0) is 11.6 Å². The Bertz CT molecular complexity index is 606. The number of rotatable bonds is 4. The lowest BCUT2D eigenvalue weighted by Crippen LogP contribution is -2.15. The predicted octanol–water partition coefficient (Wildman–Crippen LogP) is 2.94. The summed E-state index contributed by atoms with van der Waals surface area (Å²) < 4.78 is 26.2. The van der Waals surface area contributed by atoms with Crippen molar-refractivity contribution in [3.05, 3.63) is 64.1 Å². The molecule has 0 fully saturated rings. The van der Waals surface area contributed by atoms with Gasteiger partial charge in [-0.1, -0.05) is 24.3 Å². The first kappa shape index (κ1) is 13.3. The lowest BCUT2D eigenvalue weighted by molar-refractivity contribution is 0.151. The van der Waals surface area contributed by atoms with Crippen molar-refractivity contribution >= 4 is 5.69 Å². The quantitative estimate of drug-likeness (QED) is 0.921. The van der Waals surface area contributed by atoms with E-state index in [4.69, 9.17) is 0 Å². The number of hydrogen-bond acceptors (Lipinski definition) is 2. The maximum atomic E-state index is 12.4. The zero-order chi connectivity index (χ0) is 13.8. The van der Waals surface area contributed by atoms with Crippen LogP contribution in [0.5, 0.6) is 0 Å². The molecule has 0 amide bonds. The van der Waals surface area contributed by atoms with Crippen LogP contribution in [0.25, 0.3) is 0 Å². The number of halogens is 2. The van der Waals surface area contributed by atoms with Gasteiger partial charge in [0.15, 0.2) is 0 Å². The third-order valence-electron chi connectivity index (χ3n) is 2.81. The number of nitrogens with one attached hydrogen (secondary N) is 1. The van der Waals surface area contributed by atoms with Gasteiger partial charge in [0.1, 0.15) is 0 Å². The first-order valence-corrected chi connectivity index (χ1v) is 5.84. The first-order valence-electron chi connectivity index (χ1n) is 5.84. The second-order valence-corrected chi connectivity index (χ2v) is 4.26. The van der Waals surface area contributed by atoms with Crippen LogP contribution in [0, 0.1) is 0 Å². The molecule has 0 atom stereocenters. The molecule has 0 unspecified atom stereocenters. The molecular formula is C14H14F2N2O. The van der Waals surface area contributed by atoms with Crippen LogP contribution in [-0.2, 0) is 13.6 Å². The van der Waals surface area contributed by atoms with Crippen molar-refractivity contribution in [2.45, 2.75) is 13.0 Å². The van der Waals surface area contributed by atoms with E-state index in [1.165, 1.54) is 22.8 Å². The summed E-state index contributed by atoms with van der Waals surface area (Å²) in [6.45, 7) is 0.516. The number of benzene rings is 1. The van der Waals surface area contributed by atoms with E-state index in [1.807, 2.05) is 0 Å². The Morgan fingerprint density at radius 1 is 1.16 bits per heavy atom. The van der Waals surface area contributed by atoms with E-state index in [1.54, 1.807) is 31.4 Å². The Kier molecular flexibility index (Phi) is 3.94. The van der Waals surface area contributed by atoms with Crippen LogP contribution in [0.4, 0.5) is 14.5 Å². The fourth-order valence-corrected chi connectivity index (χ4v) is 1.68. The highest BCUT2D eigenvalue weighted by Crippen LogP contribution is 2.19. The van der Waals surface area contributed by atoms with E-state index in [-0.39, 0.29) is 11.1 Å². The van der Waals surface area contributed by atoms with Gasteiger partial charge in [0.25, 0.3) is 6.43 Å². The Labute approximate surface area is 109 Å².